The van der Waals surface area contributed by atoms with Gasteiger partial charge in [-0.1, -0.05) is 20.3 Å². The van der Waals surface area contributed by atoms with Crippen molar-refractivity contribution < 1.29 is 13.2 Å². The van der Waals surface area contributed by atoms with E-state index in [1.54, 1.807) is 0 Å². The Hall–Kier alpha value is -0.780. The third-order valence-corrected chi connectivity index (χ3v) is 6.07. The normalized spacial score (nSPS) is 25.9. The Kier molecular flexibility index (Phi) is 5.41. The number of likely N-dealkylation sites (tertiary alicyclic amines) is 1. The number of carbonyl (C=O) groups is 1. The van der Waals surface area contributed by atoms with Crippen LogP contribution in [0, 0.1) is 11.3 Å². The van der Waals surface area contributed by atoms with Crippen LogP contribution in [-0.2, 0) is 9.84 Å². The molecule has 1 aliphatic carbocycles. The number of nitrogens with one attached hydrogen (secondary N) is 1. The predicted octanol–water partition coefficient (Wildman–Crippen LogP) is 2.42. The maximum absolute atomic E-state index is 12.5. The molecule has 1 aliphatic heterocycles. The van der Waals surface area contributed by atoms with E-state index in [1.807, 2.05) is 18.7 Å². The first kappa shape index (κ1) is 17.6. The lowest BCUT2D eigenvalue weighted by atomic mass is 9.90. The summed E-state index contributed by atoms with van der Waals surface area (Å²) in [5.74, 6) is 0.863. The quantitative estimate of drug-likeness (QED) is 0.842. The van der Waals surface area contributed by atoms with Crippen molar-refractivity contribution in [3.63, 3.8) is 0 Å². The molecule has 0 unspecified atom stereocenters. The molecule has 2 aliphatic rings. The third kappa shape index (κ3) is 4.86. The Bertz CT molecular complexity index is 502. The molecule has 2 amide bonds. The van der Waals surface area contributed by atoms with Gasteiger partial charge in [0.25, 0.3) is 0 Å². The molecule has 6 heteroatoms. The number of rotatable bonds is 5. The molecule has 128 valence electrons. The van der Waals surface area contributed by atoms with E-state index in [2.05, 4.69) is 5.32 Å². The summed E-state index contributed by atoms with van der Waals surface area (Å²) in [4.78, 5) is 14.5. The second-order valence-electron chi connectivity index (χ2n) is 7.80. The van der Waals surface area contributed by atoms with Crippen molar-refractivity contribution in [2.45, 2.75) is 58.4 Å². The molecule has 0 aromatic rings. The molecule has 0 bridgehead atoms. The summed E-state index contributed by atoms with van der Waals surface area (Å²) >= 11 is 0. The zero-order chi connectivity index (χ0) is 16.4. The van der Waals surface area contributed by atoms with Gasteiger partial charge in [-0.05, 0) is 43.4 Å². The summed E-state index contributed by atoms with van der Waals surface area (Å²) in [5.41, 5.74) is -0.205. The summed E-state index contributed by atoms with van der Waals surface area (Å²) in [6, 6.07) is 0.455. The van der Waals surface area contributed by atoms with Gasteiger partial charge < -0.3 is 10.2 Å². The Balaban J connectivity index is 1.83. The van der Waals surface area contributed by atoms with E-state index in [0.717, 1.165) is 19.4 Å². The summed E-state index contributed by atoms with van der Waals surface area (Å²) < 4.78 is 22.6. The fourth-order valence-electron chi connectivity index (χ4n) is 3.67. The number of hydrogen-bond donors (Lipinski definition) is 1. The average molecular weight is 330 g/mol. The number of piperidine rings is 1. The van der Waals surface area contributed by atoms with Crippen LogP contribution in [0.2, 0.25) is 0 Å². The van der Waals surface area contributed by atoms with Gasteiger partial charge >= 0.3 is 6.03 Å². The number of urea groups is 1. The Morgan fingerprint density at radius 2 is 1.91 bits per heavy atom. The third-order valence-electron chi connectivity index (χ3n) is 5.12. The van der Waals surface area contributed by atoms with E-state index in [-0.39, 0.29) is 17.2 Å². The highest BCUT2D eigenvalue weighted by atomic mass is 32.2. The molecule has 22 heavy (non-hydrogen) atoms. The van der Waals surface area contributed by atoms with E-state index in [0.29, 0.717) is 24.9 Å². The van der Waals surface area contributed by atoms with E-state index in [9.17, 15) is 13.2 Å². The first-order valence-electron chi connectivity index (χ1n) is 8.40. The molecular formula is C16H30N2O3S. The maximum Gasteiger partial charge on any atom is 0.317 e. The fraction of sp³-hybridized carbons (Fsp3) is 0.938. The number of nitrogens with zero attached hydrogens (tertiary/aromatic N) is 1. The molecule has 1 saturated carbocycles. The second kappa shape index (κ2) is 6.77. The van der Waals surface area contributed by atoms with E-state index >= 15 is 0 Å². The molecule has 0 aromatic carbocycles. The van der Waals surface area contributed by atoms with Gasteiger partial charge in [0.05, 0.1) is 5.75 Å². The van der Waals surface area contributed by atoms with E-state index in [4.69, 9.17) is 0 Å². The minimum Gasteiger partial charge on any atom is -0.337 e. The number of amides is 2. The Morgan fingerprint density at radius 3 is 2.59 bits per heavy atom. The molecule has 0 aromatic heterocycles. The summed E-state index contributed by atoms with van der Waals surface area (Å²) in [7, 11) is -2.95. The highest BCUT2D eigenvalue weighted by Gasteiger charge is 2.37. The average Bonchev–Trinajstić information content (AvgIpc) is 2.90. The van der Waals surface area contributed by atoms with Gasteiger partial charge in [-0.3, -0.25) is 0 Å². The minimum atomic E-state index is -2.95. The second-order valence-corrected chi connectivity index (χ2v) is 10.1. The van der Waals surface area contributed by atoms with Crippen LogP contribution in [0.25, 0.3) is 0 Å². The van der Waals surface area contributed by atoms with Crippen LogP contribution in [0.15, 0.2) is 0 Å². The van der Waals surface area contributed by atoms with Crippen LogP contribution >= 0.6 is 0 Å². The van der Waals surface area contributed by atoms with Gasteiger partial charge in [0.2, 0.25) is 0 Å². The number of sulfone groups is 1. The van der Waals surface area contributed by atoms with Crippen LogP contribution in [0.3, 0.4) is 0 Å². The topological polar surface area (TPSA) is 66.5 Å². The van der Waals surface area contributed by atoms with Gasteiger partial charge in [0.15, 0.2) is 0 Å². The molecule has 2 rings (SSSR count). The largest absolute Gasteiger partial charge is 0.337 e. The van der Waals surface area contributed by atoms with E-state index in [1.165, 1.54) is 25.5 Å². The molecule has 0 spiro atoms. The van der Waals surface area contributed by atoms with Crippen LogP contribution in [0.4, 0.5) is 4.79 Å². The lowest BCUT2D eigenvalue weighted by Gasteiger charge is -2.38. The number of carbonyl (C=O) groups excluding carboxylic acids is 1. The number of hydrogen-bond acceptors (Lipinski definition) is 3. The zero-order valence-corrected chi connectivity index (χ0v) is 14.9. The molecular weight excluding hydrogens is 300 g/mol. The van der Waals surface area contributed by atoms with Crippen molar-refractivity contribution in [1.29, 1.82) is 0 Å². The zero-order valence-electron chi connectivity index (χ0n) is 14.1. The standard InChI is InChI=1S/C16H30N2O3S/c1-16(2,9-11-22(3,20)21)12-17-15(19)18-10-5-7-13-6-4-8-14(13)18/h13-14H,4-12H2,1-3H3,(H,17,19)/t13-,14-/m1/s1. The Morgan fingerprint density at radius 1 is 1.23 bits per heavy atom. The van der Waals surface area contributed by atoms with Crippen LogP contribution in [0.5, 0.6) is 0 Å². The van der Waals surface area contributed by atoms with Crippen LogP contribution in [-0.4, -0.2) is 50.5 Å². The molecule has 1 heterocycles. The lowest BCUT2D eigenvalue weighted by molar-refractivity contribution is 0.125. The molecule has 0 radical (unpaired) electrons. The van der Waals surface area contributed by atoms with Crippen molar-refractivity contribution in [2.75, 3.05) is 25.1 Å². The summed E-state index contributed by atoms with van der Waals surface area (Å²) in [6.45, 7) is 5.39. The highest BCUT2D eigenvalue weighted by molar-refractivity contribution is 7.90. The summed E-state index contributed by atoms with van der Waals surface area (Å²) in [6.07, 6.45) is 7.82. The van der Waals surface area contributed by atoms with Gasteiger partial charge in [-0.2, -0.15) is 0 Å². The molecule has 1 N–H and O–H groups in total. The highest BCUT2D eigenvalue weighted by Crippen LogP contribution is 2.36. The molecule has 2 fully saturated rings. The van der Waals surface area contributed by atoms with Gasteiger partial charge in [0.1, 0.15) is 9.84 Å². The van der Waals surface area contributed by atoms with Gasteiger partial charge in [0, 0.05) is 25.4 Å². The molecule has 2 atom stereocenters. The van der Waals surface area contributed by atoms with Crippen molar-refractivity contribution in [2.24, 2.45) is 11.3 Å². The maximum atomic E-state index is 12.5. The van der Waals surface area contributed by atoms with Crippen LogP contribution in [0.1, 0.15) is 52.4 Å². The van der Waals surface area contributed by atoms with Crippen molar-refractivity contribution in [3.05, 3.63) is 0 Å². The van der Waals surface area contributed by atoms with Crippen molar-refractivity contribution in [3.8, 4) is 0 Å². The molecule has 5 nitrogen and oxygen atoms in total. The smallest absolute Gasteiger partial charge is 0.317 e. The van der Waals surface area contributed by atoms with Gasteiger partial charge in [-0.25, -0.2) is 13.2 Å². The first-order valence-corrected chi connectivity index (χ1v) is 10.5. The fourth-order valence-corrected chi connectivity index (χ4v) is 4.60. The van der Waals surface area contributed by atoms with Crippen molar-refractivity contribution in [1.82, 2.24) is 10.2 Å². The van der Waals surface area contributed by atoms with Gasteiger partial charge in [-0.15, -0.1) is 0 Å². The molecule has 1 saturated heterocycles. The Labute approximate surface area is 134 Å². The first-order chi connectivity index (χ1) is 10.2. The summed E-state index contributed by atoms with van der Waals surface area (Å²) in [5, 5.41) is 3.03. The van der Waals surface area contributed by atoms with E-state index < -0.39 is 9.84 Å². The SMILES string of the molecule is CC(C)(CCS(C)(=O)=O)CNC(=O)N1CCC[C@H]2CCC[C@H]21. The minimum absolute atomic E-state index is 0.0315. The predicted molar refractivity (Wildman–Crippen MR) is 88.6 cm³/mol. The van der Waals surface area contributed by atoms with Crippen molar-refractivity contribution >= 4 is 15.9 Å². The monoisotopic (exact) mass is 330 g/mol. The van der Waals surface area contributed by atoms with Crippen LogP contribution < -0.4 is 5.32 Å². The lowest BCUT2D eigenvalue weighted by Crippen LogP contribution is -2.51. The number of fused-ring (bicyclic) bond motifs is 1.